The van der Waals surface area contributed by atoms with Gasteiger partial charge >= 0.3 is 6.18 Å². The molecule has 5 rings (SSSR count). The molecule has 1 amide bonds. The van der Waals surface area contributed by atoms with E-state index in [0.717, 1.165) is 17.8 Å². The minimum atomic E-state index is -4.40. The quantitative estimate of drug-likeness (QED) is 0.297. The Morgan fingerprint density at radius 2 is 1.61 bits per heavy atom. The number of halogens is 4. The van der Waals surface area contributed by atoms with E-state index >= 15 is 0 Å². The second kappa shape index (κ2) is 10.3. The first-order chi connectivity index (χ1) is 18.3. The largest absolute Gasteiger partial charge is 0.416 e. The zero-order valence-electron chi connectivity index (χ0n) is 19.7. The van der Waals surface area contributed by atoms with Crippen LogP contribution in [-0.2, 0) is 19.3 Å². The number of carbonyl (C=O) groups is 1. The van der Waals surface area contributed by atoms with Gasteiger partial charge in [-0.05, 0) is 54.1 Å². The van der Waals surface area contributed by atoms with E-state index in [-0.39, 0.29) is 18.7 Å². The van der Waals surface area contributed by atoms with Crippen LogP contribution in [0.1, 0.15) is 27.2 Å². The Bertz CT molecular complexity index is 1540. The summed E-state index contributed by atoms with van der Waals surface area (Å²) in [5.74, 6) is -0.814. The molecule has 0 saturated heterocycles. The molecule has 38 heavy (non-hydrogen) atoms. The number of hydrogen-bond acceptors (Lipinski definition) is 4. The molecule has 0 spiro atoms. The van der Waals surface area contributed by atoms with Gasteiger partial charge in [-0.2, -0.15) is 18.3 Å². The minimum Gasteiger partial charge on any atom is -0.346 e. The Hall–Kier alpha value is -4.80. The molecule has 0 aliphatic carbocycles. The third kappa shape index (κ3) is 5.61. The van der Waals surface area contributed by atoms with Crippen molar-refractivity contribution in [2.45, 2.75) is 19.3 Å². The fourth-order valence-corrected chi connectivity index (χ4v) is 3.82. The van der Waals surface area contributed by atoms with Gasteiger partial charge in [-0.3, -0.25) is 4.79 Å². The third-order valence-corrected chi connectivity index (χ3v) is 5.74. The standard InChI is InChI=1S/C27H20F4N6O/c28-21-12-8-19(9-13-21)25-24(17-37(34-25)23-4-2-1-3-5-23)26(38)32-14-22-16-36(35-33-22)15-18-6-10-20(11-7-18)27(29,30)31/h1-13,16-17H,14-15H2,(H,32,38). The van der Waals surface area contributed by atoms with Gasteiger partial charge in [0.2, 0.25) is 0 Å². The van der Waals surface area contributed by atoms with Gasteiger partial charge in [0.15, 0.2) is 0 Å². The average Bonchev–Trinajstić information content (AvgIpc) is 3.56. The van der Waals surface area contributed by atoms with Gasteiger partial charge in [-0.15, -0.1) is 5.10 Å². The van der Waals surface area contributed by atoms with E-state index in [4.69, 9.17) is 0 Å². The first kappa shape index (κ1) is 24.9. The summed E-state index contributed by atoms with van der Waals surface area (Å²) in [5, 5.41) is 15.4. The van der Waals surface area contributed by atoms with Crippen molar-refractivity contribution >= 4 is 5.91 Å². The average molecular weight is 520 g/mol. The SMILES string of the molecule is O=C(NCc1cn(Cc2ccc(C(F)(F)F)cc2)nn1)c1cn(-c2ccccc2)nc1-c1ccc(F)cc1. The van der Waals surface area contributed by atoms with Crippen LogP contribution in [0, 0.1) is 5.82 Å². The van der Waals surface area contributed by atoms with Crippen molar-refractivity contribution in [2.75, 3.05) is 0 Å². The fourth-order valence-electron chi connectivity index (χ4n) is 3.82. The first-order valence-corrected chi connectivity index (χ1v) is 11.5. The molecular formula is C27H20F4N6O. The van der Waals surface area contributed by atoms with Crippen LogP contribution < -0.4 is 5.32 Å². The molecule has 0 bridgehead atoms. The lowest BCUT2D eigenvalue weighted by atomic mass is 10.1. The number of hydrogen-bond donors (Lipinski definition) is 1. The van der Waals surface area contributed by atoms with Gasteiger partial charge < -0.3 is 5.32 Å². The van der Waals surface area contributed by atoms with Crippen LogP contribution in [0.2, 0.25) is 0 Å². The van der Waals surface area contributed by atoms with Gasteiger partial charge in [-0.1, -0.05) is 35.5 Å². The summed E-state index contributed by atoms with van der Waals surface area (Å²) < 4.78 is 54.8. The van der Waals surface area contributed by atoms with Gasteiger partial charge in [0, 0.05) is 11.8 Å². The van der Waals surface area contributed by atoms with Gasteiger partial charge in [0.25, 0.3) is 5.91 Å². The number of nitrogens with one attached hydrogen (secondary N) is 1. The second-order valence-electron chi connectivity index (χ2n) is 8.46. The topological polar surface area (TPSA) is 77.6 Å². The number of benzene rings is 3. The van der Waals surface area contributed by atoms with E-state index in [2.05, 4.69) is 20.7 Å². The lowest BCUT2D eigenvalue weighted by molar-refractivity contribution is -0.137. The van der Waals surface area contributed by atoms with Crippen LogP contribution in [-0.4, -0.2) is 30.7 Å². The van der Waals surface area contributed by atoms with E-state index in [1.165, 1.54) is 28.9 Å². The molecule has 0 atom stereocenters. The lowest BCUT2D eigenvalue weighted by Gasteiger charge is -2.07. The molecule has 2 heterocycles. The summed E-state index contributed by atoms with van der Waals surface area (Å²) >= 11 is 0. The minimum absolute atomic E-state index is 0.0607. The first-order valence-electron chi connectivity index (χ1n) is 11.5. The molecule has 0 aliphatic rings. The summed E-state index contributed by atoms with van der Waals surface area (Å²) in [5.41, 5.74) is 2.36. The van der Waals surface area contributed by atoms with Crippen LogP contribution in [0.25, 0.3) is 16.9 Å². The van der Waals surface area contributed by atoms with Crippen LogP contribution in [0.5, 0.6) is 0 Å². The number of amides is 1. The number of nitrogens with zero attached hydrogens (tertiary/aromatic N) is 5. The Kier molecular flexibility index (Phi) is 6.73. The van der Waals surface area contributed by atoms with E-state index in [0.29, 0.717) is 22.5 Å². The van der Waals surface area contributed by atoms with Crippen LogP contribution in [0.3, 0.4) is 0 Å². The smallest absolute Gasteiger partial charge is 0.346 e. The maximum Gasteiger partial charge on any atom is 0.416 e. The number of para-hydroxylation sites is 1. The molecule has 0 unspecified atom stereocenters. The highest BCUT2D eigenvalue weighted by atomic mass is 19.4. The lowest BCUT2D eigenvalue weighted by Crippen LogP contribution is -2.23. The normalized spacial score (nSPS) is 11.5. The fraction of sp³-hybridized carbons (Fsp3) is 0.111. The maximum atomic E-state index is 13.5. The Labute approximate surface area is 214 Å². The molecule has 0 radical (unpaired) electrons. The summed E-state index contributed by atoms with van der Waals surface area (Å²) in [6.45, 7) is 0.281. The Morgan fingerprint density at radius 1 is 0.895 bits per heavy atom. The molecule has 2 aromatic heterocycles. The highest BCUT2D eigenvalue weighted by Gasteiger charge is 2.30. The van der Waals surface area contributed by atoms with Gasteiger partial charge in [0.1, 0.15) is 17.2 Å². The van der Waals surface area contributed by atoms with Crippen LogP contribution in [0.4, 0.5) is 17.6 Å². The van der Waals surface area contributed by atoms with Crippen molar-refractivity contribution in [3.8, 4) is 16.9 Å². The Balaban J connectivity index is 1.30. The van der Waals surface area contributed by atoms with E-state index in [1.54, 1.807) is 29.2 Å². The molecule has 11 heteroatoms. The summed E-state index contributed by atoms with van der Waals surface area (Å²) in [4.78, 5) is 13.1. The zero-order valence-corrected chi connectivity index (χ0v) is 19.7. The maximum absolute atomic E-state index is 13.5. The van der Waals surface area contributed by atoms with Crippen molar-refractivity contribution in [3.63, 3.8) is 0 Å². The van der Waals surface area contributed by atoms with Crippen molar-refractivity contribution in [1.29, 1.82) is 0 Å². The van der Waals surface area contributed by atoms with Crippen LogP contribution in [0.15, 0.2) is 91.3 Å². The zero-order chi connectivity index (χ0) is 26.7. The molecule has 3 aromatic carbocycles. The summed E-state index contributed by atoms with van der Waals surface area (Å²) in [6, 6.07) is 19.8. The monoisotopic (exact) mass is 520 g/mol. The molecule has 7 nitrogen and oxygen atoms in total. The molecule has 0 fully saturated rings. The number of alkyl halides is 3. The summed E-state index contributed by atoms with van der Waals surface area (Å²) in [6.07, 6.45) is -1.19. The van der Waals surface area contributed by atoms with E-state index in [1.807, 2.05) is 30.3 Å². The number of carbonyl (C=O) groups excluding carboxylic acids is 1. The van der Waals surface area contributed by atoms with Gasteiger partial charge in [0.05, 0.1) is 36.1 Å². The molecule has 5 aromatic rings. The third-order valence-electron chi connectivity index (χ3n) is 5.74. The molecule has 192 valence electrons. The van der Waals surface area contributed by atoms with Gasteiger partial charge in [-0.25, -0.2) is 13.8 Å². The Morgan fingerprint density at radius 3 is 2.29 bits per heavy atom. The molecular weight excluding hydrogens is 500 g/mol. The second-order valence-corrected chi connectivity index (χ2v) is 8.46. The number of aromatic nitrogens is 5. The highest BCUT2D eigenvalue weighted by molar-refractivity contribution is 5.99. The van der Waals surface area contributed by atoms with E-state index in [9.17, 15) is 22.4 Å². The van der Waals surface area contributed by atoms with Crippen molar-refractivity contribution < 1.29 is 22.4 Å². The number of rotatable bonds is 7. The predicted octanol–water partition coefficient (Wildman–Crippen LogP) is 5.27. The predicted molar refractivity (Wildman–Crippen MR) is 131 cm³/mol. The van der Waals surface area contributed by atoms with E-state index < -0.39 is 23.5 Å². The molecule has 0 aliphatic heterocycles. The highest BCUT2D eigenvalue weighted by Crippen LogP contribution is 2.29. The summed E-state index contributed by atoms with van der Waals surface area (Å²) in [7, 11) is 0. The van der Waals surface area contributed by atoms with Crippen molar-refractivity contribution in [1.82, 2.24) is 30.1 Å². The molecule has 1 N–H and O–H groups in total. The van der Waals surface area contributed by atoms with Crippen molar-refractivity contribution in [3.05, 3.63) is 119 Å². The van der Waals surface area contributed by atoms with Crippen LogP contribution >= 0.6 is 0 Å². The molecule has 0 saturated carbocycles. The van der Waals surface area contributed by atoms with Crippen molar-refractivity contribution in [2.24, 2.45) is 0 Å².